The van der Waals surface area contributed by atoms with Crippen molar-refractivity contribution in [1.29, 1.82) is 0 Å². The third-order valence-electron chi connectivity index (χ3n) is 2.13. The van der Waals surface area contributed by atoms with Crippen molar-refractivity contribution in [2.75, 3.05) is 0 Å². The van der Waals surface area contributed by atoms with E-state index in [-0.39, 0.29) is 5.82 Å². The van der Waals surface area contributed by atoms with Gasteiger partial charge in [-0.15, -0.1) is 10.2 Å². The molecule has 0 amide bonds. The van der Waals surface area contributed by atoms with E-state index in [1.54, 1.807) is 12.1 Å². The van der Waals surface area contributed by atoms with Crippen LogP contribution in [0.25, 0.3) is 11.0 Å². The average molecular weight is 203 g/mol. The van der Waals surface area contributed by atoms with Crippen molar-refractivity contribution in [2.45, 2.75) is 12.8 Å². The molecule has 2 aromatic rings. The van der Waals surface area contributed by atoms with E-state index in [9.17, 15) is 4.79 Å². The van der Waals surface area contributed by atoms with Crippen LogP contribution in [0.15, 0.2) is 24.3 Å². The molecule has 0 bridgehead atoms. The summed E-state index contributed by atoms with van der Waals surface area (Å²) in [5.41, 5.74) is 1.33. The van der Waals surface area contributed by atoms with Crippen LogP contribution in [0.3, 0.4) is 0 Å². The van der Waals surface area contributed by atoms with Gasteiger partial charge in [-0.25, -0.2) is 4.98 Å². The lowest BCUT2D eigenvalue weighted by molar-refractivity contribution is -0.138. The highest BCUT2D eigenvalue weighted by molar-refractivity contribution is 5.76. The van der Waals surface area contributed by atoms with Gasteiger partial charge in [-0.1, -0.05) is 12.1 Å². The van der Waals surface area contributed by atoms with Crippen LogP contribution in [0, 0.1) is 0 Å². The van der Waals surface area contributed by atoms with E-state index in [4.69, 9.17) is 5.11 Å². The van der Waals surface area contributed by atoms with Crippen LogP contribution in [0.2, 0.25) is 0 Å². The van der Waals surface area contributed by atoms with Crippen LogP contribution in [-0.2, 0) is 4.79 Å². The first-order valence-electron chi connectivity index (χ1n) is 4.50. The second-order valence-electron chi connectivity index (χ2n) is 3.22. The van der Waals surface area contributed by atoms with Crippen LogP contribution < -0.4 is 0 Å². The van der Waals surface area contributed by atoms with E-state index >= 15 is 0 Å². The zero-order chi connectivity index (χ0) is 10.8. The van der Waals surface area contributed by atoms with Gasteiger partial charge in [0.2, 0.25) is 0 Å². The maximum Gasteiger partial charge on any atom is 0.314 e. The maximum atomic E-state index is 10.7. The van der Waals surface area contributed by atoms with E-state index < -0.39 is 11.9 Å². The molecule has 0 fully saturated rings. The number of hydrogen-bond acceptors (Lipinski definition) is 4. The lowest BCUT2D eigenvalue weighted by Gasteiger charge is -2.03. The summed E-state index contributed by atoms with van der Waals surface area (Å²) in [5.74, 6) is -1.45. The van der Waals surface area contributed by atoms with E-state index in [1.165, 1.54) is 6.92 Å². The first-order chi connectivity index (χ1) is 7.18. The number of para-hydroxylation sites is 1. The predicted molar refractivity (Wildman–Crippen MR) is 53.4 cm³/mol. The van der Waals surface area contributed by atoms with Gasteiger partial charge in [0.25, 0.3) is 0 Å². The average Bonchev–Trinajstić information content (AvgIpc) is 2.27. The number of rotatable bonds is 2. The summed E-state index contributed by atoms with van der Waals surface area (Å²) in [5, 5.41) is 16.5. The minimum absolute atomic E-state index is 0.237. The minimum atomic E-state index is -0.952. The number of nitrogens with zero attached hydrogens (tertiary/aromatic N) is 3. The number of benzene rings is 1. The number of carboxylic acids is 1. The fourth-order valence-electron chi connectivity index (χ4n) is 1.19. The molecule has 1 atom stereocenters. The molecular formula is C10H9N3O2. The molecule has 1 N–H and O–H groups in total. The fourth-order valence-corrected chi connectivity index (χ4v) is 1.19. The molecule has 0 aliphatic heterocycles. The van der Waals surface area contributed by atoms with Crippen molar-refractivity contribution >= 4 is 17.0 Å². The van der Waals surface area contributed by atoms with Crippen molar-refractivity contribution < 1.29 is 9.90 Å². The Morgan fingerprint density at radius 1 is 1.27 bits per heavy atom. The molecular weight excluding hydrogens is 194 g/mol. The van der Waals surface area contributed by atoms with Crippen molar-refractivity contribution in [3.05, 3.63) is 30.1 Å². The Morgan fingerprint density at radius 2 is 1.93 bits per heavy atom. The summed E-state index contributed by atoms with van der Waals surface area (Å²) in [6.45, 7) is 1.54. The topological polar surface area (TPSA) is 76.0 Å². The molecule has 0 saturated carbocycles. The van der Waals surface area contributed by atoms with E-state index in [0.717, 1.165) is 0 Å². The van der Waals surface area contributed by atoms with Gasteiger partial charge in [0.1, 0.15) is 11.4 Å². The Bertz CT molecular complexity index is 513. The van der Waals surface area contributed by atoms with Gasteiger partial charge < -0.3 is 5.11 Å². The summed E-state index contributed by atoms with van der Waals surface area (Å²) in [4.78, 5) is 14.9. The Labute approximate surface area is 85.8 Å². The molecule has 1 aromatic carbocycles. The third-order valence-corrected chi connectivity index (χ3v) is 2.13. The van der Waals surface area contributed by atoms with Crippen LogP contribution >= 0.6 is 0 Å². The molecule has 1 aromatic heterocycles. The van der Waals surface area contributed by atoms with Crippen molar-refractivity contribution in [1.82, 2.24) is 15.2 Å². The molecule has 15 heavy (non-hydrogen) atoms. The monoisotopic (exact) mass is 203 g/mol. The lowest BCUT2D eigenvalue weighted by Crippen LogP contribution is -2.12. The fraction of sp³-hybridized carbons (Fsp3) is 0.200. The highest BCUT2D eigenvalue weighted by atomic mass is 16.4. The van der Waals surface area contributed by atoms with Gasteiger partial charge in [-0.2, -0.15) is 0 Å². The van der Waals surface area contributed by atoms with Gasteiger partial charge in [0.05, 0.1) is 5.52 Å². The van der Waals surface area contributed by atoms with Crippen LogP contribution in [-0.4, -0.2) is 26.3 Å². The number of aromatic nitrogens is 3. The Balaban J connectivity index is 2.51. The van der Waals surface area contributed by atoms with E-state index in [0.29, 0.717) is 11.0 Å². The van der Waals surface area contributed by atoms with Gasteiger partial charge >= 0.3 is 5.97 Å². The molecule has 0 saturated heterocycles. The Morgan fingerprint density at radius 3 is 2.60 bits per heavy atom. The van der Waals surface area contributed by atoms with Crippen molar-refractivity contribution in [3.8, 4) is 0 Å². The molecule has 1 heterocycles. The van der Waals surface area contributed by atoms with Crippen molar-refractivity contribution in [2.24, 2.45) is 0 Å². The summed E-state index contributed by atoms with van der Waals surface area (Å²) in [6, 6.07) is 7.22. The summed E-state index contributed by atoms with van der Waals surface area (Å²) < 4.78 is 0. The molecule has 5 heteroatoms. The molecule has 5 nitrogen and oxygen atoms in total. The first kappa shape index (κ1) is 9.51. The summed E-state index contributed by atoms with van der Waals surface area (Å²) >= 11 is 0. The third kappa shape index (κ3) is 1.76. The minimum Gasteiger partial charge on any atom is -0.481 e. The second kappa shape index (κ2) is 3.61. The Kier molecular flexibility index (Phi) is 2.29. The highest BCUT2D eigenvalue weighted by Crippen LogP contribution is 2.13. The van der Waals surface area contributed by atoms with Crippen LogP contribution in [0.4, 0.5) is 0 Å². The number of fused-ring (bicyclic) bond motifs is 1. The summed E-state index contributed by atoms with van der Waals surface area (Å²) in [6.07, 6.45) is 0. The number of hydrogen-bond donors (Lipinski definition) is 1. The lowest BCUT2D eigenvalue weighted by atomic mass is 10.2. The normalized spacial score (nSPS) is 12.6. The molecule has 76 valence electrons. The molecule has 0 aliphatic rings. The van der Waals surface area contributed by atoms with Crippen molar-refractivity contribution in [3.63, 3.8) is 0 Å². The predicted octanol–water partition coefficient (Wildman–Crippen LogP) is 1.21. The standard InChI is InChI=1S/C10H9N3O2/c1-6(10(14)15)9-11-7-4-2-3-5-8(7)12-13-9/h2-6H,1H3,(H,14,15). The molecule has 0 spiro atoms. The van der Waals surface area contributed by atoms with Crippen LogP contribution in [0.5, 0.6) is 0 Å². The van der Waals surface area contributed by atoms with Crippen LogP contribution in [0.1, 0.15) is 18.7 Å². The van der Waals surface area contributed by atoms with E-state index in [1.807, 2.05) is 12.1 Å². The van der Waals surface area contributed by atoms with Gasteiger partial charge in [-0.3, -0.25) is 4.79 Å². The second-order valence-corrected chi connectivity index (χ2v) is 3.22. The quantitative estimate of drug-likeness (QED) is 0.793. The van der Waals surface area contributed by atoms with Gasteiger partial charge in [-0.05, 0) is 19.1 Å². The summed E-state index contributed by atoms with van der Waals surface area (Å²) in [7, 11) is 0. The number of carbonyl (C=O) groups is 1. The Hall–Kier alpha value is -2.04. The largest absolute Gasteiger partial charge is 0.481 e. The maximum absolute atomic E-state index is 10.7. The first-order valence-corrected chi connectivity index (χ1v) is 4.50. The van der Waals surface area contributed by atoms with Gasteiger partial charge in [0, 0.05) is 0 Å². The number of aliphatic carboxylic acids is 1. The molecule has 1 unspecified atom stereocenters. The van der Waals surface area contributed by atoms with Gasteiger partial charge in [0.15, 0.2) is 5.82 Å². The smallest absolute Gasteiger partial charge is 0.314 e. The van der Waals surface area contributed by atoms with E-state index in [2.05, 4.69) is 15.2 Å². The SMILES string of the molecule is CC(C(=O)O)c1nnc2ccccc2n1. The molecule has 2 rings (SSSR count). The highest BCUT2D eigenvalue weighted by Gasteiger charge is 2.17. The molecule has 0 radical (unpaired) electrons. The molecule has 0 aliphatic carbocycles. The zero-order valence-electron chi connectivity index (χ0n) is 8.08. The zero-order valence-corrected chi connectivity index (χ0v) is 8.08. The number of carboxylic acid groups (broad SMARTS) is 1.